The number of hydrogen-bond donors (Lipinski definition) is 1. The zero-order valence-corrected chi connectivity index (χ0v) is 12.0. The molecule has 0 aliphatic heterocycles. The van der Waals surface area contributed by atoms with Gasteiger partial charge in [0, 0.05) is 17.3 Å². The number of rotatable bonds is 5. The average Bonchev–Trinajstić information content (AvgIpc) is 3.18. The molecule has 0 saturated carbocycles. The van der Waals surface area contributed by atoms with Gasteiger partial charge in [-0.3, -0.25) is 0 Å². The van der Waals surface area contributed by atoms with Crippen molar-refractivity contribution in [2.24, 2.45) is 0 Å². The van der Waals surface area contributed by atoms with Crippen LogP contribution in [0, 0.1) is 0 Å². The number of aromatic nitrogens is 3. The molecule has 0 aliphatic carbocycles. The SMILES string of the molecule is CCC(Nc1ccc(-n2cccn2)nc1)c1cccs1. The van der Waals surface area contributed by atoms with E-state index in [1.54, 1.807) is 22.2 Å². The van der Waals surface area contributed by atoms with Crippen LogP contribution >= 0.6 is 11.3 Å². The number of nitrogens with one attached hydrogen (secondary N) is 1. The molecule has 102 valence electrons. The normalized spacial score (nSPS) is 12.2. The number of thiophene rings is 1. The van der Waals surface area contributed by atoms with Gasteiger partial charge in [-0.15, -0.1) is 11.3 Å². The van der Waals surface area contributed by atoms with Crippen LogP contribution in [0.15, 0.2) is 54.3 Å². The first-order valence-corrected chi connectivity index (χ1v) is 7.51. The molecule has 0 radical (unpaired) electrons. The van der Waals surface area contributed by atoms with Gasteiger partial charge in [0.2, 0.25) is 0 Å². The van der Waals surface area contributed by atoms with E-state index < -0.39 is 0 Å². The fourth-order valence-electron chi connectivity index (χ4n) is 2.08. The van der Waals surface area contributed by atoms with Crippen LogP contribution < -0.4 is 5.32 Å². The Morgan fingerprint density at radius 1 is 1.30 bits per heavy atom. The fourth-order valence-corrected chi connectivity index (χ4v) is 2.94. The third-order valence-electron chi connectivity index (χ3n) is 3.12. The summed E-state index contributed by atoms with van der Waals surface area (Å²) in [4.78, 5) is 5.78. The summed E-state index contributed by atoms with van der Waals surface area (Å²) in [6.07, 6.45) is 6.53. The van der Waals surface area contributed by atoms with Crippen LogP contribution in [0.3, 0.4) is 0 Å². The van der Waals surface area contributed by atoms with E-state index in [9.17, 15) is 0 Å². The second kappa shape index (κ2) is 5.88. The van der Waals surface area contributed by atoms with Crippen LogP contribution in [0.4, 0.5) is 5.69 Å². The van der Waals surface area contributed by atoms with Crippen LogP contribution in [0.1, 0.15) is 24.3 Å². The minimum atomic E-state index is 0.340. The monoisotopic (exact) mass is 284 g/mol. The molecular formula is C15H16N4S. The summed E-state index contributed by atoms with van der Waals surface area (Å²) in [7, 11) is 0. The molecule has 3 aromatic heterocycles. The second-order valence-corrected chi connectivity index (χ2v) is 5.46. The lowest BCUT2D eigenvalue weighted by atomic mass is 10.2. The highest BCUT2D eigenvalue weighted by Crippen LogP contribution is 2.25. The zero-order chi connectivity index (χ0) is 13.8. The van der Waals surface area contributed by atoms with Gasteiger partial charge in [0.05, 0.1) is 17.9 Å². The van der Waals surface area contributed by atoms with Crippen LogP contribution in [0.5, 0.6) is 0 Å². The Morgan fingerprint density at radius 3 is 2.85 bits per heavy atom. The van der Waals surface area contributed by atoms with Crippen molar-refractivity contribution in [1.82, 2.24) is 14.8 Å². The van der Waals surface area contributed by atoms with E-state index in [1.807, 2.05) is 30.6 Å². The largest absolute Gasteiger partial charge is 0.376 e. The van der Waals surface area contributed by atoms with Gasteiger partial charge in [0.15, 0.2) is 5.82 Å². The summed E-state index contributed by atoms with van der Waals surface area (Å²) < 4.78 is 1.75. The summed E-state index contributed by atoms with van der Waals surface area (Å²) in [6.45, 7) is 2.18. The Kier molecular flexibility index (Phi) is 3.78. The van der Waals surface area contributed by atoms with Gasteiger partial charge >= 0.3 is 0 Å². The lowest BCUT2D eigenvalue weighted by Crippen LogP contribution is -2.08. The summed E-state index contributed by atoms with van der Waals surface area (Å²) >= 11 is 1.78. The molecule has 0 fully saturated rings. The number of pyridine rings is 1. The van der Waals surface area contributed by atoms with Crippen molar-refractivity contribution in [3.05, 3.63) is 59.2 Å². The molecule has 3 heterocycles. The molecule has 1 N–H and O–H groups in total. The van der Waals surface area contributed by atoms with Gasteiger partial charge in [-0.05, 0) is 36.1 Å². The lowest BCUT2D eigenvalue weighted by molar-refractivity contribution is 0.762. The van der Waals surface area contributed by atoms with Crippen LogP contribution in [0.2, 0.25) is 0 Å². The third kappa shape index (κ3) is 2.72. The van der Waals surface area contributed by atoms with Gasteiger partial charge in [0.1, 0.15) is 0 Å². The van der Waals surface area contributed by atoms with Crippen molar-refractivity contribution >= 4 is 17.0 Å². The second-order valence-electron chi connectivity index (χ2n) is 4.48. The van der Waals surface area contributed by atoms with Crippen molar-refractivity contribution < 1.29 is 0 Å². The molecule has 20 heavy (non-hydrogen) atoms. The lowest BCUT2D eigenvalue weighted by Gasteiger charge is -2.16. The number of anilines is 1. The molecule has 0 saturated heterocycles. The summed E-state index contributed by atoms with van der Waals surface area (Å²) in [5.74, 6) is 0.824. The van der Waals surface area contributed by atoms with E-state index in [1.165, 1.54) is 4.88 Å². The van der Waals surface area contributed by atoms with Crippen LogP contribution in [-0.4, -0.2) is 14.8 Å². The molecule has 5 heteroatoms. The van der Waals surface area contributed by atoms with Gasteiger partial charge in [0.25, 0.3) is 0 Å². The van der Waals surface area contributed by atoms with E-state index >= 15 is 0 Å². The predicted octanol–water partition coefficient (Wildman–Crippen LogP) is 3.89. The van der Waals surface area contributed by atoms with Crippen LogP contribution in [-0.2, 0) is 0 Å². The van der Waals surface area contributed by atoms with Crippen molar-refractivity contribution in [3.8, 4) is 5.82 Å². The maximum Gasteiger partial charge on any atom is 0.153 e. The third-order valence-corrected chi connectivity index (χ3v) is 4.11. The topological polar surface area (TPSA) is 42.7 Å². The predicted molar refractivity (Wildman–Crippen MR) is 82.3 cm³/mol. The van der Waals surface area contributed by atoms with Crippen molar-refractivity contribution in [3.63, 3.8) is 0 Å². The highest BCUT2D eigenvalue weighted by atomic mass is 32.1. The fraction of sp³-hybridized carbons (Fsp3) is 0.200. The first-order valence-electron chi connectivity index (χ1n) is 6.63. The van der Waals surface area contributed by atoms with E-state index in [2.05, 4.69) is 39.8 Å². The molecule has 0 aliphatic rings. The molecule has 0 aromatic carbocycles. The first-order chi connectivity index (χ1) is 9.86. The molecular weight excluding hydrogens is 268 g/mol. The standard InChI is InChI=1S/C15H16N4S/c1-2-13(14-5-3-10-20-14)18-12-6-7-15(16-11-12)19-9-4-8-17-19/h3-11,13,18H,2H2,1H3. The molecule has 0 amide bonds. The molecule has 3 rings (SSSR count). The average molecular weight is 284 g/mol. The Morgan fingerprint density at radius 2 is 2.25 bits per heavy atom. The first kappa shape index (κ1) is 12.9. The molecule has 0 spiro atoms. The number of nitrogens with zero attached hydrogens (tertiary/aromatic N) is 3. The Balaban J connectivity index is 1.75. The summed E-state index contributed by atoms with van der Waals surface area (Å²) in [6, 6.07) is 10.5. The van der Waals surface area contributed by atoms with Crippen molar-refractivity contribution in [2.45, 2.75) is 19.4 Å². The molecule has 1 atom stereocenters. The van der Waals surface area contributed by atoms with Crippen LogP contribution in [0.25, 0.3) is 5.82 Å². The molecule has 1 unspecified atom stereocenters. The Labute approximate surface area is 122 Å². The van der Waals surface area contributed by atoms with Crippen molar-refractivity contribution in [2.75, 3.05) is 5.32 Å². The van der Waals surface area contributed by atoms with Gasteiger partial charge in [-0.25, -0.2) is 9.67 Å². The smallest absolute Gasteiger partial charge is 0.153 e. The van der Waals surface area contributed by atoms with E-state index in [4.69, 9.17) is 0 Å². The maximum absolute atomic E-state index is 4.43. The highest BCUT2D eigenvalue weighted by molar-refractivity contribution is 7.10. The Bertz CT molecular complexity index is 629. The van der Waals surface area contributed by atoms with Gasteiger partial charge < -0.3 is 5.32 Å². The van der Waals surface area contributed by atoms with Crippen molar-refractivity contribution in [1.29, 1.82) is 0 Å². The minimum Gasteiger partial charge on any atom is -0.376 e. The van der Waals surface area contributed by atoms with Gasteiger partial charge in [-0.2, -0.15) is 5.10 Å². The maximum atomic E-state index is 4.43. The molecule has 3 aromatic rings. The zero-order valence-electron chi connectivity index (χ0n) is 11.2. The molecule has 4 nitrogen and oxygen atoms in total. The summed E-state index contributed by atoms with van der Waals surface area (Å²) in [5, 5.41) is 9.80. The van der Waals surface area contributed by atoms with E-state index in [-0.39, 0.29) is 0 Å². The molecule has 0 bridgehead atoms. The number of hydrogen-bond acceptors (Lipinski definition) is 4. The summed E-state index contributed by atoms with van der Waals surface area (Å²) in [5.41, 5.74) is 1.03. The van der Waals surface area contributed by atoms with E-state index in [0.29, 0.717) is 6.04 Å². The minimum absolute atomic E-state index is 0.340. The highest BCUT2D eigenvalue weighted by Gasteiger charge is 2.10. The quantitative estimate of drug-likeness (QED) is 0.773. The Hall–Kier alpha value is -2.14. The van der Waals surface area contributed by atoms with E-state index in [0.717, 1.165) is 17.9 Å². The van der Waals surface area contributed by atoms with Gasteiger partial charge in [-0.1, -0.05) is 13.0 Å².